The summed E-state index contributed by atoms with van der Waals surface area (Å²) < 4.78 is 0. The van der Waals surface area contributed by atoms with Crippen molar-refractivity contribution in [3.8, 4) is 0 Å². The number of nitrogens with zero attached hydrogens (tertiary/aromatic N) is 1. The summed E-state index contributed by atoms with van der Waals surface area (Å²) in [6.07, 6.45) is 7.98. The maximum absolute atomic E-state index is 13.1. The van der Waals surface area contributed by atoms with Crippen LogP contribution in [0.4, 0.5) is 0 Å². The fourth-order valence-electron chi connectivity index (χ4n) is 6.88. The van der Waals surface area contributed by atoms with Crippen LogP contribution in [-0.4, -0.2) is 61.1 Å². The number of fused-ring (bicyclic) bond motifs is 2. The second kappa shape index (κ2) is 13.0. The Morgan fingerprint density at radius 2 is 1.71 bits per heavy atom. The van der Waals surface area contributed by atoms with E-state index >= 15 is 0 Å². The molecular formula is C34H40N4O6S. The number of rotatable bonds is 11. The Morgan fingerprint density at radius 3 is 2.36 bits per heavy atom. The average Bonchev–Trinajstić information content (AvgIpc) is 3.57. The molecule has 10 nitrogen and oxygen atoms in total. The largest absolute Gasteiger partial charge is 0.481 e. The highest BCUT2D eigenvalue weighted by atomic mass is 32.1. The topological polar surface area (TPSA) is 156 Å². The van der Waals surface area contributed by atoms with Gasteiger partial charge < -0.3 is 30.4 Å². The molecular weight excluding hydrogens is 592 g/mol. The zero-order chi connectivity index (χ0) is 32.6. The van der Waals surface area contributed by atoms with E-state index in [-0.39, 0.29) is 30.6 Å². The van der Waals surface area contributed by atoms with Gasteiger partial charge in [0.15, 0.2) is 0 Å². The van der Waals surface area contributed by atoms with Gasteiger partial charge in [0.05, 0.1) is 0 Å². The van der Waals surface area contributed by atoms with Gasteiger partial charge in [0.25, 0.3) is 11.8 Å². The second-order valence-electron chi connectivity index (χ2n) is 11.9. The molecule has 1 saturated heterocycles. The molecule has 2 aromatic rings. The number of carboxylic acid groups (broad SMARTS) is 2. The molecule has 3 aliphatic rings. The van der Waals surface area contributed by atoms with Crippen LogP contribution in [-0.2, 0) is 44.9 Å². The normalized spacial score (nSPS) is 19.7. The molecule has 5 heterocycles. The summed E-state index contributed by atoms with van der Waals surface area (Å²) in [7, 11) is 0. The number of nitrogens with one attached hydrogen (secondary N) is 3. The molecule has 0 saturated carbocycles. The summed E-state index contributed by atoms with van der Waals surface area (Å²) in [6.45, 7) is 8.15. The first-order chi connectivity index (χ1) is 21.4. The number of hydrogen-bond donors (Lipinski definition) is 6. The number of carboxylic acids is 2. The molecule has 45 heavy (non-hydrogen) atoms. The highest BCUT2D eigenvalue weighted by Gasteiger charge is 2.38. The van der Waals surface area contributed by atoms with Crippen molar-refractivity contribution in [2.45, 2.75) is 72.6 Å². The Morgan fingerprint density at radius 1 is 1.04 bits per heavy atom. The minimum Gasteiger partial charge on any atom is -0.481 e. The predicted octanol–water partition coefficient (Wildman–Crippen LogP) is 4.71. The molecule has 1 atom stereocenters. The molecule has 5 rings (SSSR count). The lowest BCUT2D eigenvalue weighted by molar-refractivity contribution is -0.138. The molecule has 1 fully saturated rings. The van der Waals surface area contributed by atoms with Crippen molar-refractivity contribution < 1.29 is 29.4 Å². The van der Waals surface area contributed by atoms with Crippen LogP contribution in [0.2, 0.25) is 0 Å². The molecule has 5 N–H and O–H groups in total. The standard InChI is InChI=1S/C34H40N4O6S/c1-5-20-18(3)30-16-29-24(10-12-38(30)34(20)44)23(7-9-32(41)42)28(36-29)15-26-21(6-8-31(39)40)17(2)25(35-26)14-27-22(11-13-45)19(4)33(43)37-27/h5,14,16,18,35-36,45H,6-13,15H2,1-4H3,(H,37,43)(H,39,40)(H,41,42)/b20-5+,27-14-. The Kier molecular flexibility index (Phi) is 9.29. The summed E-state index contributed by atoms with van der Waals surface area (Å²) in [4.78, 5) is 57.7. The number of aromatic nitrogens is 2. The van der Waals surface area contributed by atoms with Crippen LogP contribution >= 0.6 is 12.6 Å². The van der Waals surface area contributed by atoms with Gasteiger partial charge in [-0.25, -0.2) is 0 Å². The summed E-state index contributed by atoms with van der Waals surface area (Å²) >= 11 is 4.36. The second-order valence-corrected chi connectivity index (χ2v) is 12.3. The Labute approximate surface area is 267 Å². The van der Waals surface area contributed by atoms with E-state index in [9.17, 15) is 29.4 Å². The molecule has 11 heteroatoms. The van der Waals surface area contributed by atoms with Gasteiger partial charge in [-0.15, -0.1) is 0 Å². The monoisotopic (exact) mass is 632 g/mol. The van der Waals surface area contributed by atoms with Gasteiger partial charge in [0, 0.05) is 77.0 Å². The molecule has 2 aromatic heterocycles. The minimum atomic E-state index is -0.898. The molecule has 1 unspecified atom stereocenters. The Balaban J connectivity index is 1.58. The number of thiol groups is 1. The lowest BCUT2D eigenvalue weighted by Gasteiger charge is -2.17. The molecule has 0 aliphatic carbocycles. The maximum atomic E-state index is 13.1. The average molecular weight is 633 g/mol. The molecule has 0 aromatic carbocycles. The van der Waals surface area contributed by atoms with Crippen LogP contribution in [0, 0.1) is 12.8 Å². The van der Waals surface area contributed by atoms with Gasteiger partial charge in [-0.05, 0) is 92.2 Å². The molecule has 238 valence electrons. The van der Waals surface area contributed by atoms with E-state index in [1.54, 1.807) is 6.92 Å². The van der Waals surface area contributed by atoms with Crippen molar-refractivity contribution in [3.63, 3.8) is 0 Å². The van der Waals surface area contributed by atoms with Crippen LogP contribution in [0.25, 0.3) is 12.2 Å². The van der Waals surface area contributed by atoms with Gasteiger partial charge >= 0.3 is 11.9 Å². The van der Waals surface area contributed by atoms with Gasteiger partial charge in [0.2, 0.25) is 0 Å². The van der Waals surface area contributed by atoms with Gasteiger partial charge in [-0.3, -0.25) is 19.2 Å². The first-order valence-corrected chi connectivity index (χ1v) is 16.0. The van der Waals surface area contributed by atoms with E-state index in [0.29, 0.717) is 55.7 Å². The van der Waals surface area contributed by atoms with Crippen LogP contribution in [0.15, 0.2) is 34.2 Å². The van der Waals surface area contributed by atoms with Crippen LogP contribution in [0.1, 0.15) is 85.1 Å². The number of amides is 2. The van der Waals surface area contributed by atoms with Crippen molar-refractivity contribution >= 4 is 48.5 Å². The number of hydrogen-bond acceptors (Lipinski definition) is 5. The molecule has 0 radical (unpaired) electrons. The Hall–Kier alpha value is -4.25. The van der Waals surface area contributed by atoms with Crippen molar-refractivity contribution in [1.82, 2.24) is 20.2 Å². The third-order valence-electron chi connectivity index (χ3n) is 9.30. The van der Waals surface area contributed by atoms with Crippen LogP contribution in [0.3, 0.4) is 0 Å². The lowest BCUT2D eigenvalue weighted by atomic mass is 9.96. The first-order valence-electron chi connectivity index (χ1n) is 15.3. The molecule has 2 amide bonds. The summed E-state index contributed by atoms with van der Waals surface area (Å²) in [5, 5.41) is 22.0. The number of allylic oxidation sites excluding steroid dienone is 3. The van der Waals surface area contributed by atoms with E-state index < -0.39 is 11.9 Å². The third kappa shape index (κ3) is 6.18. The van der Waals surface area contributed by atoms with E-state index in [4.69, 9.17) is 0 Å². The number of carbonyl (C=O) groups excluding carboxylic acids is 2. The van der Waals surface area contributed by atoms with Gasteiger partial charge in [-0.1, -0.05) is 13.0 Å². The van der Waals surface area contributed by atoms with Gasteiger partial charge in [0.1, 0.15) is 0 Å². The number of H-pyrrole nitrogens is 2. The van der Waals surface area contributed by atoms with Gasteiger partial charge in [-0.2, -0.15) is 12.6 Å². The fourth-order valence-corrected chi connectivity index (χ4v) is 7.10. The van der Waals surface area contributed by atoms with Crippen molar-refractivity contribution in [2.75, 3.05) is 12.3 Å². The van der Waals surface area contributed by atoms with E-state index in [1.807, 2.05) is 43.9 Å². The summed E-state index contributed by atoms with van der Waals surface area (Å²) in [5.41, 5.74) is 11.1. The lowest BCUT2D eigenvalue weighted by Crippen LogP contribution is -2.25. The number of carbonyl (C=O) groups is 4. The quantitative estimate of drug-likeness (QED) is 0.156. The minimum absolute atomic E-state index is 0.0151. The van der Waals surface area contributed by atoms with Crippen LogP contribution < -0.4 is 5.32 Å². The number of aromatic amines is 2. The van der Waals surface area contributed by atoms with Crippen molar-refractivity contribution in [3.05, 3.63) is 79.2 Å². The van der Waals surface area contributed by atoms with E-state index in [0.717, 1.165) is 61.9 Å². The highest BCUT2D eigenvalue weighted by molar-refractivity contribution is 7.80. The third-order valence-corrected chi connectivity index (χ3v) is 9.52. The van der Waals surface area contributed by atoms with E-state index in [2.05, 4.69) is 27.9 Å². The van der Waals surface area contributed by atoms with Crippen LogP contribution in [0.5, 0.6) is 0 Å². The SMILES string of the molecule is C/C=C1/C(=O)N2CCc3c([nH]c(Cc4[nH]c(/C=C5\NC(=O)C(C)=C5CCS)c(C)c4CCC(=O)O)c3CCC(=O)O)C=C2C1C. The fraction of sp³-hybridized carbons (Fsp3) is 0.412. The highest BCUT2D eigenvalue weighted by Crippen LogP contribution is 2.39. The molecule has 3 aliphatic heterocycles. The molecule has 0 bridgehead atoms. The molecule has 0 spiro atoms. The maximum Gasteiger partial charge on any atom is 0.303 e. The van der Waals surface area contributed by atoms with Crippen molar-refractivity contribution in [1.29, 1.82) is 0 Å². The van der Waals surface area contributed by atoms with E-state index in [1.165, 1.54) is 0 Å². The summed E-state index contributed by atoms with van der Waals surface area (Å²) in [6, 6.07) is 0. The Bertz CT molecular complexity index is 1720. The smallest absolute Gasteiger partial charge is 0.303 e. The zero-order valence-electron chi connectivity index (χ0n) is 26.1. The van der Waals surface area contributed by atoms with Crippen molar-refractivity contribution in [2.24, 2.45) is 5.92 Å². The summed E-state index contributed by atoms with van der Waals surface area (Å²) in [5.74, 6) is -1.38. The predicted molar refractivity (Wildman–Crippen MR) is 175 cm³/mol. The zero-order valence-corrected chi connectivity index (χ0v) is 27.0. The number of aliphatic carboxylic acids is 2. The first kappa shape index (κ1) is 32.2.